The van der Waals surface area contributed by atoms with Crippen molar-refractivity contribution in [1.82, 2.24) is 15.1 Å². The molecule has 0 spiro atoms. The van der Waals surface area contributed by atoms with E-state index >= 15 is 0 Å². The van der Waals surface area contributed by atoms with E-state index in [1.54, 1.807) is 55.5 Å². The molecule has 0 radical (unpaired) electrons. The Morgan fingerprint density at radius 1 is 1.06 bits per heavy atom. The molecule has 1 heterocycles. The number of methoxy groups -OCH3 is 2. The molecule has 4 amide bonds. The smallest absolute Gasteiger partial charge is 0.325 e. The molecule has 3 rings (SSSR count). The van der Waals surface area contributed by atoms with Crippen LogP contribution in [0.2, 0.25) is 5.02 Å². The van der Waals surface area contributed by atoms with Crippen LogP contribution in [0.5, 0.6) is 11.5 Å². The van der Waals surface area contributed by atoms with Crippen molar-refractivity contribution in [1.29, 1.82) is 0 Å². The molecule has 176 valence electrons. The third kappa shape index (κ3) is 4.75. The van der Waals surface area contributed by atoms with Crippen molar-refractivity contribution in [2.45, 2.75) is 32.4 Å². The van der Waals surface area contributed by atoms with Crippen LogP contribution >= 0.6 is 11.6 Å². The van der Waals surface area contributed by atoms with Crippen LogP contribution in [0.4, 0.5) is 4.79 Å². The number of benzene rings is 2. The summed E-state index contributed by atoms with van der Waals surface area (Å²) < 4.78 is 10.6. The highest BCUT2D eigenvalue weighted by Gasteiger charge is 2.51. The van der Waals surface area contributed by atoms with Crippen LogP contribution in [0.25, 0.3) is 0 Å². The number of carbonyl (C=O) groups excluding carboxylic acids is 3. The van der Waals surface area contributed by atoms with E-state index < -0.39 is 17.5 Å². The third-order valence-electron chi connectivity index (χ3n) is 5.89. The molecule has 1 fully saturated rings. The lowest BCUT2D eigenvalue weighted by molar-refractivity contribution is -0.139. The highest BCUT2D eigenvalue weighted by atomic mass is 35.5. The first kappa shape index (κ1) is 24.4. The largest absolute Gasteiger partial charge is 0.493 e. The van der Waals surface area contributed by atoms with E-state index in [1.807, 2.05) is 19.9 Å². The lowest BCUT2D eigenvalue weighted by Gasteiger charge is -2.27. The summed E-state index contributed by atoms with van der Waals surface area (Å²) in [4.78, 5) is 41.7. The van der Waals surface area contributed by atoms with Gasteiger partial charge >= 0.3 is 6.03 Å². The summed E-state index contributed by atoms with van der Waals surface area (Å²) in [7, 11) is 3.10. The number of imide groups is 1. The average molecular weight is 474 g/mol. The fourth-order valence-electron chi connectivity index (χ4n) is 3.95. The second-order valence-corrected chi connectivity index (χ2v) is 8.12. The maximum absolute atomic E-state index is 13.3. The normalized spacial score (nSPS) is 17.7. The van der Waals surface area contributed by atoms with Crippen molar-refractivity contribution in [3.05, 3.63) is 58.6 Å². The van der Waals surface area contributed by atoms with Gasteiger partial charge in [0.05, 0.1) is 14.2 Å². The first-order valence-electron chi connectivity index (χ1n) is 10.7. The molecule has 8 nitrogen and oxygen atoms in total. The third-order valence-corrected chi connectivity index (χ3v) is 6.14. The van der Waals surface area contributed by atoms with Gasteiger partial charge in [0.2, 0.25) is 5.91 Å². The molecule has 9 heteroatoms. The molecular formula is C24H28ClN3O5. The van der Waals surface area contributed by atoms with Gasteiger partial charge in [-0.05, 0) is 48.7 Å². The van der Waals surface area contributed by atoms with Crippen LogP contribution in [0.1, 0.15) is 31.4 Å². The maximum atomic E-state index is 13.3. The summed E-state index contributed by atoms with van der Waals surface area (Å²) in [6.07, 6.45) is 0.340. The van der Waals surface area contributed by atoms with Crippen LogP contribution in [-0.4, -0.2) is 55.0 Å². The molecule has 1 saturated heterocycles. The van der Waals surface area contributed by atoms with E-state index in [4.69, 9.17) is 21.1 Å². The standard InChI is InChI=1S/C24H28ClN3O5/c1-5-24(17-8-10-18(25)11-9-17)22(30)28(23(31)26-24)15-21(29)27(6-2)14-16-7-12-19(32-3)20(13-16)33-4/h7-13H,5-6,14-15H2,1-4H3,(H,26,31). The van der Waals surface area contributed by atoms with E-state index in [2.05, 4.69) is 5.32 Å². The fourth-order valence-corrected chi connectivity index (χ4v) is 4.08. The topological polar surface area (TPSA) is 88.2 Å². The Morgan fingerprint density at radius 3 is 2.30 bits per heavy atom. The minimum Gasteiger partial charge on any atom is -0.493 e. The summed E-state index contributed by atoms with van der Waals surface area (Å²) in [5, 5.41) is 3.32. The fraction of sp³-hybridized carbons (Fsp3) is 0.375. The number of carbonyl (C=O) groups is 3. The van der Waals surface area contributed by atoms with Gasteiger partial charge in [-0.3, -0.25) is 14.5 Å². The molecule has 1 atom stereocenters. The van der Waals surface area contributed by atoms with Gasteiger partial charge in [0.25, 0.3) is 5.91 Å². The van der Waals surface area contributed by atoms with Gasteiger partial charge in [0, 0.05) is 18.1 Å². The number of nitrogens with one attached hydrogen (secondary N) is 1. The highest BCUT2D eigenvalue weighted by Crippen LogP contribution is 2.33. The Morgan fingerprint density at radius 2 is 1.73 bits per heavy atom. The molecule has 1 aliphatic rings. The van der Waals surface area contributed by atoms with Gasteiger partial charge in [0.1, 0.15) is 12.1 Å². The first-order chi connectivity index (χ1) is 15.8. The van der Waals surface area contributed by atoms with Crippen molar-refractivity contribution in [3.63, 3.8) is 0 Å². The van der Waals surface area contributed by atoms with Gasteiger partial charge in [-0.25, -0.2) is 4.79 Å². The molecular weight excluding hydrogens is 446 g/mol. The quantitative estimate of drug-likeness (QED) is 0.562. The van der Waals surface area contributed by atoms with Crippen molar-refractivity contribution in [3.8, 4) is 11.5 Å². The highest BCUT2D eigenvalue weighted by molar-refractivity contribution is 6.30. The van der Waals surface area contributed by atoms with E-state index in [1.165, 1.54) is 0 Å². The average Bonchev–Trinajstić information content (AvgIpc) is 3.07. The zero-order valence-electron chi connectivity index (χ0n) is 19.2. The summed E-state index contributed by atoms with van der Waals surface area (Å²) in [6.45, 7) is 4.02. The second kappa shape index (κ2) is 10.1. The summed E-state index contributed by atoms with van der Waals surface area (Å²) >= 11 is 5.98. The van der Waals surface area contributed by atoms with Crippen LogP contribution in [0, 0.1) is 0 Å². The number of amides is 4. The summed E-state index contributed by atoms with van der Waals surface area (Å²) in [5.41, 5.74) is 0.243. The lowest BCUT2D eigenvalue weighted by atomic mass is 9.87. The molecule has 0 bridgehead atoms. The van der Waals surface area contributed by atoms with Crippen LogP contribution in [-0.2, 0) is 21.7 Å². The van der Waals surface area contributed by atoms with E-state index in [0.29, 0.717) is 41.6 Å². The van der Waals surface area contributed by atoms with Crippen LogP contribution < -0.4 is 14.8 Å². The number of halogens is 1. The molecule has 2 aromatic carbocycles. The Labute approximate surface area is 198 Å². The zero-order valence-corrected chi connectivity index (χ0v) is 19.9. The van der Waals surface area contributed by atoms with Crippen molar-refractivity contribution in [2.24, 2.45) is 0 Å². The molecule has 1 unspecified atom stereocenters. The summed E-state index contributed by atoms with van der Waals surface area (Å²) in [6, 6.07) is 11.6. The zero-order chi connectivity index (χ0) is 24.2. The molecule has 0 saturated carbocycles. The Bertz CT molecular complexity index is 1040. The van der Waals surface area contributed by atoms with Crippen molar-refractivity contribution < 1.29 is 23.9 Å². The molecule has 0 aromatic heterocycles. The number of nitrogens with zero attached hydrogens (tertiary/aromatic N) is 2. The Hall–Kier alpha value is -3.26. The van der Waals surface area contributed by atoms with E-state index in [-0.39, 0.29) is 12.5 Å². The lowest BCUT2D eigenvalue weighted by Crippen LogP contribution is -2.45. The van der Waals surface area contributed by atoms with E-state index in [0.717, 1.165) is 10.5 Å². The number of hydrogen-bond donors (Lipinski definition) is 1. The first-order valence-corrected chi connectivity index (χ1v) is 11.1. The van der Waals surface area contributed by atoms with Crippen molar-refractivity contribution >= 4 is 29.4 Å². The van der Waals surface area contributed by atoms with E-state index in [9.17, 15) is 14.4 Å². The Kier molecular flexibility index (Phi) is 7.48. The van der Waals surface area contributed by atoms with Crippen LogP contribution in [0.15, 0.2) is 42.5 Å². The number of hydrogen-bond acceptors (Lipinski definition) is 5. The minimum absolute atomic E-state index is 0.301. The van der Waals surface area contributed by atoms with Gasteiger partial charge in [0.15, 0.2) is 11.5 Å². The molecule has 2 aromatic rings. The van der Waals surface area contributed by atoms with Gasteiger partial charge in [-0.15, -0.1) is 0 Å². The molecule has 1 aliphatic heterocycles. The van der Waals surface area contributed by atoms with Gasteiger partial charge in [-0.2, -0.15) is 0 Å². The van der Waals surface area contributed by atoms with Gasteiger partial charge in [-0.1, -0.05) is 36.7 Å². The Balaban J connectivity index is 1.77. The monoisotopic (exact) mass is 473 g/mol. The summed E-state index contributed by atoms with van der Waals surface area (Å²) in [5.74, 6) is 0.364. The van der Waals surface area contributed by atoms with Crippen molar-refractivity contribution in [2.75, 3.05) is 27.3 Å². The second-order valence-electron chi connectivity index (χ2n) is 7.68. The predicted octanol–water partition coefficient (Wildman–Crippen LogP) is 3.56. The van der Waals surface area contributed by atoms with Crippen LogP contribution in [0.3, 0.4) is 0 Å². The molecule has 0 aliphatic carbocycles. The van der Waals surface area contributed by atoms with Gasteiger partial charge < -0.3 is 19.7 Å². The number of likely N-dealkylation sites (N-methyl/N-ethyl adjacent to an activating group) is 1. The predicted molar refractivity (Wildman–Crippen MR) is 124 cm³/mol. The maximum Gasteiger partial charge on any atom is 0.325 e. The number of ether oxygens (including phenoxy) is 2. The molecule has 1 N–H and O–H groups in total. The molecule has 33 heavy (non-hydrogen) atoms. The number of urea groups is 1. The SMILES string of the molecule is CCN(Cc1ccc(OC)c(OC)c1)C(=O)CN1C(=O)NC(CC)(c2ccc(Cl)cc2)C1=O. The minimum atomic E-state index is -1.22. The number of rotatable bonds is 9.